The molecule has 0 bridgehead atoms. The second-order valence-corrected chi connectivity index (χ2v) is 4.66. The molecule has 0 saturated carbocycles. The van der Waals surface area contributed by atoms with E-state index in [4.69, 9.17) is 10.5 Å². The van der Waals surface area contributed by atoms with Gasteiger partial charge in [0.2, 0.25) is 0 Å². The van der Waals surface area contributed by atoms with Gasteiger partial charge < -0.3 is 10.5 Å². The van der Waals surface area contributed by atoms with Gasteiger partial charge in [-0.3, -0.25) is 4.99 Å². The van der Waals surface area contributed by atoms with Gasteiger partial charge >= 0.3 is 0 Å². The Kier molecular flexibility index (Phi) is 3.56. The molecule has 2 rings (SSSR count). The molecule has 0 aliphatic heterocycles. The quantitative estimate of drug-likeness (QED) is 0.667. The first-order valence-corrected chi connectivity index (χ1v) is 6.09. The molecule has 2 N–H and O–H groups in total. The number of methoxy groups -OCH3 is 1. The lowest BCUT2D eigenvalue weighted by atomic mass is 10.0. The second kappa shape index (κ2) is 5.14. The summed E-state index contributed by atoms with van der Waals surface area (Å²) in [6.45, 7) is 7.87. The molecular formula is C16H18N2O. The van der Waals surface area contributed by atoms with Crippen LogP contribution in [0.2, 0.25) is 0 Å². The van der Waals surface area contributed by atoms with E-state index in [1.165, 1.54) is 0 Å². The lowest BCUT2D eigenvalue weighted by molar-refractivity contribution is 0.415. The summed E-state index contributed by atoms with van der Waals surface area (Å²) in [5, 5.41) is 2.04. The van der Waals surface area contributed by atoms with Gasteiger partial charge in [0, 0.05) is 22.3 Å². The van der Waals surface area contributed by atoms with Crippen molar-refractivity contribution in [2.75, 3.05) is 12.8 Å². The number of hydrogen-bond donors (Lipinski definition) is 1. The monoisotopic (exact) mass is 254 g/mol. The molecule has 0 heterocycles. The van der Waals surface area contributed by atoms with Gasteiger partial charge in [-0.25, -0.2) is 0 Å². The second-order valence-electron chi connectivity index (χ2n) is 4.66. The van der Waals surface area contributed by atoms with Crippen LogP contribution in [-0.4, -0.2) is 12.8 Å². The molecule has 98 valence electrons. The fourth-order valence-corrected chi connectivity index (χ4v) is 1.99. The normalized spacial score (nSPS) is 10.3. The lowest BCUT2D eigenvalue weighted by Crippen LogP contribution is -1.92. The fourth-order valence-electron chi connectivity index (χ4n) is 1.99. The maximum Gasteiger partial charge on any atom is 0.119 e. The molecule has 0 aromatic heterocycles. The molecule has 0 spiro atoms. The number of anilines is 1. The predicted molar refractivity (Wildman–Crippen MR) is 82.7 cm³/mol. The molecule has 19 heavy (non-hydrogen) atoms. The van der Waals surface area contributed by atoms with E-state index in [0.29, 0.717) is 5.69 Å². The molecule has 0 unspecified atom stereocenters. The SMILES string of the molecule is C=C(N=C(C)C)c1cc(N)c2cc(OC)ccc2c1. The van der Waals surface area contributed by atoms with Crippen molar-refractivity contribution >= 4 is 27.9 Å². The van der Waals surface area contributed by atoms with Gasteiger partial charge in [0.1, 0.15) is 5.75 Å². The van der Waals surface area contributed by atoms with Crippen molar-refractivity contribution in [3.8, 4) is 5.75 Å². The summed E-state index contributed by atoms with van der Waals surface area (Å²) >= 11 is 0. The number of nitrogen functional groups attached to an aromatic ring is 1. The van der Waals surface area contributed by atoms with Crippen molar-refractivity contribution < 1.29 is 4.74 Å². The van der Waals surface area contributed by atoms with E-state index in [1.54, 1.807) is 7.11 Å². The number of ether oxygens (including phenoxy) is 1. The van der Waals surface area contributed by atoms with E-state index in [0.717, 1.165) is 33.5 Å². The van der Waals surface area contributed by atoms with Crippen molar-refractivity contribution in [1.29, 1.82) is 0 Å². The highest BCUT2D eigenvalue weighted by atomic mass is 16.5. The zero-order chi connectivity index (χ0) is 14.0. The molecule has 0 amide bonds. The average Bonchev–Trinajstić information content (AvgIpc) is 2.37. The Bertz CT molecular complexity index is 668. The summed E-state index contributed by atoms with van der Waals surface area (Å²) in [5.74, 6) is 0.799. The third-order valence-electron chi connectivity index (χ3n) is 2.89. The van der Waals surface area contributed by atoms with Crippen LogP contribution in [0.3, 0.4) is 0 Å². The Balaban J connectivity index is 2.57. The van der Waals surface area contributed by atoms with Crippen LogP contribution in [0.5, 0.6) is 5.75 Å². The number of hydrogen-bond acceptors (Lipinski definition) is 3. The number of fused-ring (bicyclic) bond motifs is 1. The Hall–Kier alpha value is -2.29. The van der Waals surface area contributed by atoms with Crippen LogP contribution >= 0.6 is 0 Å². The van der Waals surface area contributed by atoms with Crippen LogP contribution < -0.4 is 10.5 Å². The van der Waals surface area contributed by atoms with Crippen molar-refractivity contribution in [2.45, 2.75) is 13.8 Å². The van der Waals surface area contributed by atoms with E-state index in [-0.39, 0.29) is 0 Å². The molecule has 3 heteroatoms. The molecule has 0 fully saturated rings. The number of benzene rings is 2. The lowest BCUT2D eigenvalue weighted by Gasteiger charge is -2.09. The van der Waals surface area contributed by atoms with Gasteiger partial charge in [-0.05, 0) is 43.5 Å². The van der Waals surface area contributed by atoms with Gasteiger partial charge in [-0.15, -0.1) is 0 Å². The molecule has 0 aliphatic carbocycles. The van der Waals surface area contributed by atoms with E-state index in [1.807, 2.05) is 44.2 Å². The third-order valence-corrected chi connectivity index (χ3v) is 2.89. The zero-order valence-electron chi connectivity index (χ0n) is 11.5. The Labute approximate surface area is 113 Å². The fraction of sp³-hybridized carbons (Fsp3) is 0.188. The third kappa shape index (κ3) is 2.76. The van der Waals surface area contributed by atoms with Gasteiger partial charge in [0.15, 0.2) is 0 Å². The van der Waals surface area contributed by atoms with Crippen LogP contribution in [0.1, 0.15) is 19.4 Å². The van der Waals surface area contributed by atoms with Crippen molar-refractivity contribution in [3.05, 3.63) is 42.5 Å². The van der Waals surface area contributed by atoms with E-state index in [9.17, 15) is 0 Å². The molecule has 3 nitrogen and oxygen atoms in total. The highest BCUT2D eigenvalue weighted by Crippen LogP contribution is 2.29. The number of rotatable bonds is 3. The van der Waals surface area contributed by atoms with Crippen LogP contribution in [0.15, 0.2) is 41.9 Å². The van der Waals surface area contributed by atoms with Crippen LogP contribution in [-0.2, 0) is 0 Å². The highest BCUT2D eigenvalue weighted by Gasteiger charge is 2.05. The topological polar surface area (TPSA) is 47.6 Å². The van der Waals surface area contributed by atoms with E-state index >= 15 is 0 Å². The zero-order valence-corrected chi connectivity index (χ0v) is 11.5. The molecule has 0 radical (unpaired) electrons. The Morgan fingerprint density at radius 2 is 1.95 bits per heavy atom. The minimum atomic E-state index is 0.705. The highest BCUT2D eigenvalue weighted by molar-refractivity contribution is 5.97. The smallest absolute Gasteiger partial charge is 0.119 e. The largest absolute Gasteiger partial charge is 0.497 e. The van der Waals surface area contributed by atoms with Gasteiger partial charge in [0.05, 0.1) is 12.8 Å². The average molecular weight is 254 g/mol. The molecule has 0 atom stereocenters. The standard InChI is InChI=1S/C16H18N2O/c1-10(2)18-11(3)13-7-12-5-6-14(19-4)9-15(12)16(17)8-13/h5-9H,3,17H2,1-2,4H3. The maximum absolute atomic E-state index is 6.10. The van der Waals surface area contributed by atoms with Crippen molar-refractivity contribution in [3.63, 3.8) is 0 Å². The first-order valence-electron chi connectivity index (χ1n) is 6.09. The minimum absolute atomic E-state index is 0.705. The first kappa shape index (κ1) is 13.1. The van der Waals surface area contributed by atoms with Crippen LogP contribution in [0.4, 0.5) is 5.69 Å². The van der Waals surface area contributed by atoms with Crippen LogP contribution in [0, 0.1) is 0 Å². The summed E-state index contributed by atoms with van der Waals surface area (Å²) in [7, 11) is 1.65. The van der Waals surface area contributed by atoms with Gasteiger partial charge in [-0.2, -0.15) is 0 Å². The van der Waals surface area contributed by atoms with E-state index < -0.39 is 0 Å². The molecule has 2 aromatic carbocycles. The first-order chi connectivity index (χ1) is 9.01. The number of nitrogens with two attached hydrogens (primary N) is 1. The van der Waals surface area contributed by atoms with Gasteiger partial charge in [-0.1, -0.05) is 12.6 Å². The molecule has 0 saturated heterocycles. The Morgan fingerprint density at radius 3 is 2.58 bits per heavy atom. The summed E-state index contributed by atoms with van der Waals surface area (Å²) in [5.41, 5.74) is 9.45. The number of aliphatic imine (C=N–C) groups is 1. The minimum Gasteiger partial charge on any atom is -0.497 e. The summed E-state index contributed by atoms with van der Waals surface area (Å²) in [6, 6.07) is 9.79. The maximum atomic E-state index is 6.10. The molecular weight excluding hydrogens is 236 g/mol. The van der Waals surface area contributed by atoms with Gasteiger partial charge in [0.25, 0.3) is 0 Å². The summed E-state index contributed by atoms with van der Waals surface area (Å²) in [4.78, 5) is 4.37. The summed E-state index contributed by atoms with van der Waals surface area (Å²) < 4.78 is 5.21. The van der Waals surface area contributed by atoms with E-state index in [2.05, 4.69) is 11.6 Å². The van der Waals surface area contributed by atoms with Crippen LogP contribution in [0.25, 0.3) is 16.5 Å². The Morgan fingerprint density at radius 1 is 1.21 bits per heavy atom. The predicted octanol–water partition coefficient (Wildman–Crippen LogP) is 3.88. The molecule has 0 aliphatic rings. The summed E-state index contributed by atoms with van der Waals surface area (Å²) in [6.07, 6.45) is 0. The van der Waals surface area contributed by atoms with Crippen molar-refractivity contribution in [2.24, 2.45) is 4.99 Å². The molecule has 2 aromatic rings. The van der Waals surface area contributed by atoms with Crippen molar-refractivity contribution in [1.82, 2.24) is 0 Å². The number of nitrogens with zero attached hydrogens (tertiary/aromatic N) is 1.